The number of carbonyl (C=O) groups is 2. The number of piperazine rings is 1. The molecule has 2 amide bonds. The monoisotopic (exact) mass is 462 g/mol. The van der Waals surface area contributed by atoms with Crippen molar-refractivity contribution in [3.63, 3.8) is 0 Å². The van der Waals surface area contributed by atoms with E-state index >= 15 is 0 Å². The quantitative estimate of drug-likeness (QED) is 0.512. The molecule has 8 nitrogen and oxygen atoms in total. The van der Waals surface area contributed by atoms with Crippen LogP contribution in [0.5, 0.6) is 5.75 Å². The Balaban J connectivity index is 1.52. The molecule has 3 aromatic rings. The summed E-state index contributed by atoms with van der Waals surface area (Å²) in [4.78, 5) is 32.2. The number of rotatable bonds is 8. The number of amides is 2. The van der Waals surface area contributed by atoms with Crippen molar-refractivity contribution in [1.82, 2.24) is 19.9 Å². The number of ether oxygens (including phenoxy) is 1. The van der Waals surface area contributed by atoms with E-state index in [1.165, 1.54) is 4.90 Å². The lowest BCUT2D eigenvalue weighted by Gasteiger charge is -2.35. The van der Waals surface area contributed by atoms with Gasteiger partial charge in [-0.1, -0.05) is 54.5 Å². The first-order valence-corrected chi connectivity index (χ1v) is 11.5. The molecule has 0 aliphatic carbocycles. The van der Waals surface area contributed by atoms with Crippen molar-refractivity contribution in [3.05, 3.63) is 71.9 Å². The number of hydrogen-bond acceptors (Lipinski definition) is 6. The van der Waals surface area contributed by atoms with Crippen LogP contribution in [0, 0.1) is 0 Å². The van der Waals surface area contributed by atoms with E-state index in [2.05, 4.69) is 17.0 Å². The minimum atomic E-state index is -0.345. The molecule has 0 unspecified atom stereocenters. The molecule has 0 N–H and O–H groups in total. The SMILES string of the molecule is CCN1CCN(C(=O)CN(Cc2ccccc2)C(=O)c2cc(-c3cccc(OC)c3)on2)CC1. The van der Waals surface area contributed by atoms with Gasteiger partial charge >= 0.3 is 0 Å². The molecule has 0 atom stereocenters. The zero-order valence-electron chi connectivity index (χ0n) is 19.6. The molecule has 0 spiro atoms. The highest BCUT2D eigenvalue weighted by Crippen LogP contribution is 2.25. The van der Waals surface area contributed by atoms with Crippen molar-refractivity contribution in [2.75, 3.05) is 46.4 Å². The summed E-state index contributed by atoms with van der Waals surface area (Å²) < 4.78 is 10.7. The van der Waals surface area contributed by atoms with Crippen molar-refractivity contribution in [2.45, 2.75) is 13.5 Å². The van der Waals surface area contributed by atoms with Crippen LogP contribution in [0.15, 0.2) is 65.2 Å². The van der Waals surface area contributed by atoms with Crippen molar-refractivity contribution in [3.8, 4) is 17.1 Å². The molecule has 8 heteroatoms. The average Bonchev–Trinajstić information content (AvgIpc) is 3.39. The Morgan fingerprint density at radius 1 is 1.03 bits per heavy atom. The van der Waals surface area contributed by atoms with Gasteiger partial charge in [0, 0.05) is 44.4 Å². The fraction of sp³-hybridized carbons (Fsp3) is 0.346. The van der Waals surface area contributed by atoms with Crippen molar-refractivity contribution >= 4 is 11.8 Å². The molecule has 1 aliphatic heterocycles. The van der Waals surface area contributed by atoms with Crippen LogP contribution in [0.4, 0.5) is 0 Å². The lowest BCUT2D eigenvalue weighted by atomic mass is 10.1. The molecule has 1 saturated heterocycles. The molecule has 2 heterocycles. The Kier molecular flexibility index (Phi) is 7.59. The van der Waals surface area contributed by atoms with E-state index < -0.39 is 0 Å². The lowest BCUT2D eigenvalue weighted by Crippen LogP contribution is -2.51. The minimum Gasteiger partial charge on any atom is -0.497 e. The number of benzene rings is 2. The molecular formula is C26H30N4O4. The average molecular weight is 463 g/mol. The molecule has 34 heavy (non-hydrogen) atoms. The minimum absolute atomic E-state index is 0.0127. The van der Waals surface area contributed by atoms with E-state index in [0.29, 0.717) is 31.1 Å². The predicted octanol–water partition coefficient (Wildman–Crippen LogP) is 3.16. The van der Waals surface area contributed by atoms with Gasteiger partial charge in [0.25, 0.3) is 5.91 Å². The van der Waals surface area contributed by atoms with Gasteiger partial charge in [-0.15, -0.1) is 0 Å². The summed E-state index contributed by atoms with van der Waals surface area (Å²) in [6.07, 6.45) is 0. The second kappa shape index (κ2) is 11.0. The summed E-state index contributed by atoms with van der Waals surface area (Å²) >= 11 is 0. The number of methoxy groups -OCH3 is 1. The maximum atomic E-state index is 13.4. The van der Waals surface area contributed by atoms with Crippen LogP contribution in [0.3, 0.4) is 0 Å². The maximum Gasteiger partial charge on any atom is 0.276 e. The summed E-state index contributed by atoms with van der Waals surface area (Å²) in [7, 11) is 1.59. The highest BCUT2D eigenvalue weighted by Gasteiger charge is 2.27. The normalized spacial score (nSPS) is 14.1. The molecule has 1 aromatic heterocycles. The highest BCUT2D eigenvalue weighted by atomic mass is 16.5. The van der Waals surface area contributed by atoms with E-state index in [9.17, 15) is 9.59 Å². The van der Waals surface area contributed by atoms with Crippen LogP contribution >= 0.6 is 0 Å². The maximum absolute atomic E-state index is 13.4. The third-order valence-corrected chi connectivity index (χ3v) is 6.09. The summed E-state index contributed by atoms with van der Waals surface area (Å²) in [5.74, 6) is 0.740. The van der Waals surface area contributed by atoms with Gasteiger partial charge in [-0.25, -0.2) is 0 Å². The van der Waals surface area contributed by atoms with Gasteiger partial charge < -0.3 is 24.0 Å². The largest absolute Gasteiger partial charge is 0.497 e. The Labute approximate surface area is 199 Å². The van der Waals surface area contributed by atoms with E-state index in [4.69, 9.17) is 9.26 Å². The zero-order chi connectivity index (χ0) is 23.9. The Morgan fingerprint density at radius 2 is 1.79 bits per heavy atom. The Bertz CT molecular complexity index is 1110. The van der Waals surface area contributed by atoms with Gasteiger partial charge in [0.1, 0.15) is 12.3 Å². The van der Waals surface area contributed by atoms with Gasteiger partial charge in [-0.05, 0) is 24.2 Å². The van der Waals surface area contributed by atoms with Gasteiger partial charge in [-0.2, -0.15) is 0 Å². The molecule has 4 rings (SSSR count). The third kappa shape index (κ3) is 5.63. The fourth-order valence-electron chi connectivity index (χ4n) is 4.03. The standard InChI is InChI=1S/C26H30N4O4/c1-3-28-12-14-29(15-13-28)25(31)19-30(18-20-8-5-4-6-9-20)26(32)23-17-24(34-27-23)21-10-7-11-22(16-21)33-2/h4-11,16-17H,3,12-15,18-19H2,1-2H3. The van der Waals surface area contributed by atoms with Crippen LogP contribution in [0.25, 0.3) is 11.3 Å². The Hall–Kier alpha value is -3.65. The first kappa shape index (κ1) is 23.5. The third-order valence-electron chi connectivity index (χ3n) is 6.09. The van der Waals surface area contributed by atoms with Crippen molar-refractivity contribution in [1.29, 1.82) is 0 Å². The summed E-state index contributed by atoms with van der Waals surface area (Å²) in [6, 6.07) is 18.6. The Morgan fingerprint density at radius 3 is 2.50 bits per heavy atom. The molecule has 2 aromatic carbocycles. The van der Waals surface area contributed by atoms with Gasteiger partial charge in [0.2, 0.25) is 5.91 Å². The van der Waals surface area contributed by atoms with Crippen LogP contribution in [-0.4, -0.2) is 78.0 Å². The molecule has 178 valence electrons. The van der Waals surface area contributed by atoms with Crippen LogP contribution in [0.1, 0.15) is 23.0 Å². The van der Waals surface area contributed by atoms with Crippen LogP contribution in [0.2, 0.25) is 0 Å². The topological polar surface area (TPSA) is 79.1 Å². The number of hydrogen-bond donors (Lipinski definition) is 0. The molecule has 0 saturated carbocycles. The van der Waals surface area contributed by atoms with Crippen LogP contribution < -0.4 is 4.74 Å². The molecular weight excluding hydrogens is 432 g/mol. The van der Waals surface area contributed by atoms with E-state index in [1.54, 1.807) is 13.2 Å². The van der Waals surface area contributed by atoms with Gasteiger partial charge in [0.15, 0.2) is 11.5 Å². The molecule has 0 radical (unpaired) electrons. The van der Waals surface area contributed by atoms with E-state index in [1.807, 2.05) is 59.5 Å². The van der Waals surface area contributed by atoms with Crippen molar-refractivity contribution in [2.24, 2.45) is 0 Å². The van der Waals surface area contributed by atoms with Crippen LogP contribution in [-0.2, 0) is 11.3 Å². The summed E-state index contributed by atoms with van der Waals surface area (Å²) in [5, 5.41) is 4.01. The number of nitrogens with zero attached hydrogens (tertiary/aromatic N) is 4. The second-order valence-electron chi connectivity index (χ2n) is 8.27. The molecule has 1 fully saturated rings. The van der Waals surface area contributed by atoms with E-state index in [-0.39, 0.29) is 24.1 Å². The number of likely N-dealkylation sites (N-methyl/N-ethyl adjacent to an activating group) is 1. The second-order valence-corrected chi connectivity index (χ2v) is 8.27. The molecule has 1 aliphatic rings. The molecule has 0 bridgehead atoms. The first-order valence-electron chi connectivity index (χ1n) is 11.5. The van der Waals surface area contributed by atoms with Crippen molar-refractivity contribution < 1.29 is 18.8 Å². The zero-order valence-corrected chi connectivity index (χ0v) is 19.6. The summed E-state index contributed by atoms with van der Waals surface area (Å²) in [6.45, 7) is 6.43. The first-order chi connectivity index (χ1) is 16.6. The fourth-order valence-corrected chi connectivity index (χ4v) is 4.03. The van der Waals surface area contributed by atoms with Gasteiger partial charge in [-0.3, -0.25) is 9.59 Å². The number of aromatic nitrogens is 1. The van der Waals surface area contributed by atoms with Gasteiger partial charge in [0.05, 0.1) is 7.11 Å². The lowest BCUT2D eigenvalue weighted by molar-refractivity contribution is -0.133. The highest BCUT2D eigenvalue weighted by molar-refractivity contribution is 5.95. The number of carbonyl (C=O) groups excluding carboxylic acids is 2. The smallest absolute Gasteiger partial charge is 0.276 e. The predicted molar refractivity (Wildman–Crippen MR) is 128 cm³/mol. The van der Waals surface area contributed by atoms with E-state index in [0.717, 1.165) is 30.8 Å². The summed E-state index contributed by atoms with van der Waals surface area (Å²) in [5.41, 5.74) is 1.86.